The summed E-state index contributed by atoms with van der Waals surface area (Å²) in [6, 6.07) is 15.1. The molecule has 1 N–H and O–H groups in total. The third kappa shape index (κ3) is 2.29. The van der Waals surface area contributed by atoms with E-state index in [2.05, 4.69) is 70.4 Å². The van der Waals surface area contributed by atoms with E-state index in [1.807, 2.05) is 12.1 Å². The number of hydrogen-bond acceptors (Lipinski definition) is 1. The number of fused-ring (bicyclic) bond motifs is 3. The van der Waals surface area contributed by atoms with Crippen molar-refractivity contribution >= 4 is 39.9 Å². The molecule has 0 amide bonds. The minimum atomic E-state index is 0.284. The molecule has 3 heteroatoms. The minimum Gasteiger partial charge on any atom is -0.378 e. The molecule has 0 bridgehead atoms. The standard InChI is InChI=1S/C18H15ClIN/c19-16-7-2-1-4-14(16)18-13-6-3-5-12(13)15-10-11(20)8-9-17(15)21-18/h1-5,7-10,12-13,18,21H,6H2/t12-,13+,18-/m0/s1. The van der Waals surface area contributed by atoms with Crippen LogP contribution in [-0.2, 0) is 0 Å². The van der Waals surface area contributed by atoms with E-state index in [1.54, 1.807) is 0 Å². The van der Waals surface area contributed by atoms with Crippen molar-refractivity contribution in [2.24, 2.45) is 5.92 Å². The average Bonchev–Trinajstić information content (AvgIpc) is 2.97. The zero-order valence-electron chi connectivity index (χ0n) is 11.4. The van der Waals surface area contributed by atoms with Gasteiger partial charge in [-0.15, -0.1) is 0 Å². The highest BCUT2D eigenvalue weighted by Crippen LogP contribution is 2.50. The van der Waals surface area contributed by atoms with Gasteiger partial charge in [0.2, 0.25) is 0 Å². The number of nitrogens with one attached hydrogen (secondary N) is 1. The fraction of sp³-hybridized carbons (Fsp3) is 0.222. The second-order valence-electron chi connectivity index (χ2n) is 5.73. The van der Waals surface area contributed by atoms with Crippen LogP contribution in [-0.4, -0.2) is 0 Å². The van der Waals surface area contributed by atoms with E-state index in [-0.39, 0.29) is 6.04 Å². The maximum atomic E-state index is 6.44. The molecule has 21 heavy (non-hydrogen) atoms. The third-order valence-corrected chi connectivity index (χ3v) is 5.58. The summed E-state index contributed by atoms with van der Waals surface area (Å²) in [4.78, 5) is 0. The van der Waals surface area contributed by atoms with Crippen molar-refractivity contribution < 1.29 is 0 Å². The number of rotatable bonds is 1. The van der Waals surface area contributed by atoms with E-state index in [0.29, 0.717) is 11.8 Å². The smallest absolute Gasteiger partial charge is 0.0568 e. The van der Waals surface area contributed by atoms with Crippen LogP contribution >= 0.6 is 34.2 Å². The molecule has 0 radical (unpaired) electrons. The molecule has 1 aliphatic carbocycles. The highest BCUT2D eigenvalue weighted by molar-refractivity contribution is 14.1. The number of anilines is 1. The van der Waals surface area contributed by atoms with Crippen molar-refractivity contribution in [1.29, 1.82) is 0 Å². The second kappa shape index (κ2) is 5.33. The predicted molar refractivity (Wildman–Crippen MR) is 97.0 cm³/mol. The topological polar surface area (TPSA) is 12.0 Å². The van der Waals surface area contributed by atoms with Gasteiger partial charge in [0.05, 0.1) is 6.04 Å². The Kier molecular flexibility index (Phi) is 3.46. The van der Waals surface area contributed by atoms with Gasteiger partial charge in [0, 0.05) is 20.2 Å². The van der Waals surface area contributed by atoms with Gasteiger partial charge in [-0.1, -0.05) is 42.0 Å². The van der Waals surface area contributed by atoms with E-state index in [9.17, 15) is 0 Å². The Morgan fingerprint density at radius 3 is 2.81 bits per heavy atom. The van der Waals surface area contributed by atoms with E-state index in [0.717, 1.165) is 11.4 Å². The zero-order valence-corrected chi connectivity index (χ0v) is 14.3. The molecule has 1 aliphatic heterocycles. The number of halogens is 2. The fourth-order valence-electron chi connectivity index (χ4n) is 3.60. The maximum absolute atomic E-state index is 6.44. The molecule has 3 atom stereocenters. The lowest BCUT2D eigenvalue weighted by molar-refractivity contribution is 0.425. The van der Waals surface area contributed by atoms with Crippen LogP contribution in [0.4, 0.5) is 5.69 Å². The summed E-state index contributed by atoms with van der Waals surface area (Å²) < 4.78 is 1.29. The van der Waals surface area contributed by atoms with Crippen LogP contribution < -0.4 is 5.32 Å². The number of hydrogen-bond donors (Lipinski definition) is 1. The van der Waals surface area contributed by atoms with Crippen molar-refractivity contribution in [3.05, 3.63) is 74.3 Å². The zero-order chi connectivity index (χ0) is 14.4. The molecule has 2 aromatic carbocycles. The highest BCUT2D eigenvalue weighted by Gasteiger charge is 2.38. The van der Waals surface area contributed by atoms with Gasteiger partial charge in [-0.25, -0.2) is 0 Å². The Morgan fingerprint density at radius 1 is 1.10 bits per heavy atom. The maximum Gasteiger partial charge on any atom is 0.0568 e. The first-order chi connectivity index (χ1) is 10.2. The van der Waals surface area contributed by atoms with Crippen LogP contribution in [0, 0.1) is 9.49 Å². The molecule has 2 aromatic rings. The van der Waals surface area contributed by atoms with Crippen LogP contribution in [0.25, 0.3) is 0 Å². The van der Waals surface area contributed by atoms with Crippen molar-refractivity contribution in [1.82, 2.24) is 0 Å². The van der Waals surface area contributed by atoms with Gasteiger partial charge in [0.15, 0.2) is 0 Å². The average molecular weight is 408 g/mol. The lowest BCUT2D eigenvalue weighted by Gasteiger charge is -2.38. The summed E-state index contributed by atoms with van der Waals surface area (Å²) in [5, 5.41) is 4.58. The van der Waals surface area contributed by atoms with Crippen molar-refractivity contribution in [3.63, 3.8) is 0 Å². The predicted octanol–water partition coefficient (Wildman–Crippen LogP) is 5.77. The monoisotopic (exact) mass is 407 g/mol. The first-order valence-corrected chi connectivity index (χ1v) is 8.67. The molecule has 2 aliphatic rings. The first kappa shape index (κ1) is 13.6. The summed E-state index contributed by atoms with van der Waals surface area (Å²) in [5.41, 5.74) is 3.87. The molecule has 4 rings (SSSR count). The SMILES string of the molecule is Clc1ccccc1[C@H]1Nc2ccc(I)cc2[C@H]2C=CC[C@H]21. The van der Waals surface area contributed by atoms with Gasteiger partial charge < -0.3 is 5.32 Å². The van der Waals surface area contributed by atoms with Crippen LogP contribution in [0.1, 0.15) is 29.5 Å². The van der Waals surface area contributed by atoms with Crippen LogP contribution in [0.3, 0.4) is 0 Å². The quantitative estimate of drug-likeness (QED) is 0.467. The Balaban J connectivity index is 1.82. The van der Waals surface area contributed by atoms with Crippen molar-refractivity contribution in [2.45, 2.75) is 18.4 Å². The third-order valence-electron chi connectivity index (χ3n) is 4.57. The molecule has 0 aromatic heterocycles. The lowest BCUT2D eigenvalue weighted by Crippen LogP contribution is -2.29. The van der Waals surface area contributed by atoms with Gasteiger partial charge in [0.1, 0.15) is 0 Å². The van der Waals surface area contributed by atoms with Gasteiger partial charge in [-0.05, 0) is 70.3 Å². The first-order valence-electron chi connectivity index (χ1n) is 7.21. The lowest BCUT2D eigenvalue weighted by atomic mass is 9.77. The molecule has 0 fully saturated rings. The molecule has 1 nitrogen and oxygen atoms in total. The number of allylic oxidation sites excluding steroid dienone is 2. The molecule has 0 spiro atoms. The Morgan fingerprint density at radius 2 is 1.95 bits per heavy atom. The minimum absolute atomic E-state index is 0.284. The molecule has 1 heterocycles. The summed E-state index contributed by atoms with van der Waals surface area (Å²) in [6.07, 6.45) is 5.79. The highest BCUT2D eigenvalue weighted by atomic mass is 127. The van der Waals surface area contributed by atoms with Crippen molar-refractivity contribution in [2.75, 3.05) is 5.32 Å². The summed E-state index contributed by atoms with van der Waals surface area (Å²) in [6.45, 7) is 0. The summed E-state index contributed by atoms with van der Waals surface area (Å²) in [7, 11) is 0. The van der Waals surface area contributed by atoms with E-state index < -0.39 is 0 Å². The van der Waals surface area contributed by atoms with E-state index in [1.165, 1.54) is 20.4 Å². The molecule has 0 unspecified atom stereocenters. The second-order valence-corrected chi connectivity index (χ2v) is 7.38. The Bertz CT molecular complexity index is 725. The van der Waals surface area contributed by atoms with E-state index >= 15 is 0 Å². The fourth-order valence-corrected chi connectivity index (χ4v) is 4.37. The van der Waals surface area contributed by atoms with Gasteiger partial charge >= 0.3 is 0 Å². The van der Waals surface area contributed by atoms with Gasteiger partial charge in [-0.3, -0.25) is 0 Å². The Labute approximate surface area is 143 Å². The molecule has 0 saturated carbocycles. The van der Waals surface area contributed by atoms with Crippen LogP contribution in [0.2, 0.25) is 5.02 Å². The number of benzene rings is 2. The largest absolute Gasteiger partial charge is 0.378 e. The normalized spacial score (nSPS) is 26.1. The van der Waals surface area contributed by atoms with E-state index in [4.69, 9.17) is 11.6 Å². The summed E-state index contributed by atoms with van der Waals surface area (Å²) >= 11 is 8.83. The molecular weight excluding hydrogens is 393 g/mol. The molecule has 0 saturated heterocycles. The van der Waals surface area contributed by atoms with Crippen LogP contribution in [0.15, 0.2) is 54.6 Å². The molecular formula is C18H15ClIN. The Hall–Kier alpha value is -1.00. The molecule has 106 valence electrons. The van der Waals surface area contributed by atoms with Crippen molar-refractivity contribution in [3.8, 4) is 0 Å². The van der Waals surface area contributed by atoms with Gasteiger partial charge in [-0.2, -0.15) is 0 Å². The van der Waals surface area contributed by atoms with Gasteiger partial charge in [0.25, 0.3) is 0 Å². The summed E-state index contributed by atoms with van der Waals surface area (Å²) in [5.74, 6) is 1.05. The van der Waals surface area contributed by atoms with Crippen LogP contribution in [0.5, 0.6) is 0 Å².